The van der Waals surface area contributed by atoms with E-state index in [9.17, 15) is 0 Å². The average Bonchev–Trinajstić information content (AvgIpc) is 2.16. The number of halogens is 1. The van der Waals surface area contributed by atoms with Crippen molar-refractivity contribution in [1.82, 2.24) is 4.98 Å². The summed E-state index contributed by atoms with van der Waals surface area (Å²) < 4.78 is 0. The molecule has 0 spiro atoms. The molecule has 0 amide bonds. The molecule has 2 nitrogen and oxygen atoms in total. The Kier molecular flexibility index (Phi) is 2.59. The van der Waals surface area contributed by atoms with Crippen molar-refractivity contribution >= 4 is 39.7 Å². The largest absolute Gasteiger partial charge is 0.389 e. The van der Waals surface area contributed by atoms with Crippen molar-refractivity contribution in [2.45, 2.75) is 6.92 Å². The Morgan fingerprint density at radius 3 is 2.80 bits per heavy atom. The van der Waals surface area contributed by atoms with E-state index in [-0.39, 0.29) is 0 Å². The van der Waals surface area contributed by atoms with Crippen molar-refractivity contribution in [3.8, 4) is 0 Å². The third kappa shape index (κ3) is 1.94. The van der Waals surface area contributed by atoms with Gasteiger partial charge in [0.15, 0.2) is 0 Å². The summed E-state index contributed by atoms with van der Waals surface area (Å²) in [4.78, 5) is 4.75. The second-order valence-electron chi connectivity index (χ2n) is 3.34. The van der Waals surface area contributed by atoms with E-state index in [4.69, 9.17) is 29.6 Å². The smallest absolute Gasteiger partial charge is 0.104 e. The number of nitrogens with two attached hydrogens (primary N) is 1. The van der Waals surface area contributed by atoms with Crippen LogP contribution in [-0.4, -0.2) is 9.97 Å². The number of pyridine rings is 1. The monoisotopic (exact) mass is 236 g/mol. The van der Waals surface area contributed by atoms with Crippen LogP contribution in [0.2, 0.25) is 5.02 Å². The maximum atomic E-state index is 6.09. The van der Waals surface area contributed by atoms with Crippen LogP contribution in [0.3, 0.4) is 0 Å². The first-order chi connectivity index (χ1) is 7.08. The summed E-state index contributed by atoms with van der Waals surface area (Å²) in [6, 6.07) is 7.44. The third-order valence-electron chi connectivity index (χ3n) is 2.17. The Morgan fingerprint density at radius 1 is 1.40 bits per heavy atom. The number of fused-ring (bicyclic) bond motifs is 1. The van der Waals surface area contributed by atoms with E-state index < -0.39 is 0 Å². The van der Waals surface area contributed by atoms with E-state index in [2.05, 4.69) is 4.98 Å². The van der Waals surface area contributed by atoms with Gasteiger partial charge in [0.05, 0.1) is 10.5 Å². The van der Waals surface area contributed by atoms with Crippen molar-refractivity contribution < 1.29 is 0 Å². The highest BCUT2D eigenvalue weighted by Crippen LogP contribution is 2.23. The number of aromatic nitrogens is 1. The summed E-state index contributed by atoms with van der Waals surface area (Å²) in [5.41, 5.74) is 8.07. The summed E-state index contributed by atoms with van der Waals surface area (Å²) >= 11 is 11.0. The van der Waals surface area contributed by atoms with Gasteiger partial charge >= 0.3 is 0 Å². The first-order valence-electron chi connectivity index (χ1n) is 4.44. The summed E-state index contributed by atoms with van der Waals surface area (Å²) in [5, 5.41) is 1.62. The lowest BCUT2D eigenvalue weighted by atomic mass is 10.1. The number of benzene rings is 1. The fourth-order valence-corrected chi connectivity index (χ4v) is 1.91. The van der Waals surface area contributed by atoms with Gasteiger partial charge in [-0.25, -0.2) is 0 Å². The van der Waals surface area contributed by atoms with Gasteiger partial charge in [-0.05, 0) is 19.1 Å². The van der Waals surface area contributed by atoms with Crippen LogP contribution in [0.25, 0.3) is 10.9 Å². The minimum absolute atomic E-state index is 0.372. The molecule has 1 aromatic heterocycles. The maximum absolute atomic E-state index is 6.09. The molecule has 0 aliphatic rings. The lowest BCUT2D eigenvalue weighted by Crippen LogP contribution is -2.09. The quantitative estimate of drug-likeness (QED) is 0.774. The summed E-state index contributed by atoms with van der Waals surface area (Å²) in [6.45, 7) is 1.90. The SMILES string of the molecule is Cc1cc(Cl)c2ccc(C(N)=S)cc2n1. The van der Waals surface area contributed by atoms with E-state index in [1.165, 1.54) is 0 Å². The minimum atomic E-state index is 0.372. The van der Waals surface area contributed by atoms with E-state index in [1.807, 2.05) is 31.2 Å². The maximum Gasteiger partial charge on any atom is 0.104 e. The number of aryl methyl sites for hydroxylation is 1. The number of nitrogens with zero attached hydrogens (tertiary/aromatic N) is 1. The van der Waals surface area contributed by atoms with Gasteiger partial charge in [-0.2, -0.15) is 0 Å². The molecule has 0 atom stereocenters. The second kappa shape index (κ2) is 3.76. The highest BCUT2D eigenvalue weighted by Gasteiger charge is 2.04. The highest BCUT2D eigenvalue weighted by molar-refractivity contribution is 7.80. The molecule has 0 fully saturated rings. The summed E-state index contributed by atoms with van der Waals surface area (Å²) in [7, 11) is 0. The Hall–Kier alpha value is -1.19. The van der Waals surface area contributed by atoms with Crippen LogP contribution in [0.5, 0.6) is 0 Å². The highest BCUT2D eigenvalue weighted by atomic mass is 35.5. The van der Waals surface area contributed by atoms with Crippen molar-refractivity contribution in [3.05, 3.63) is 40.5 Å². The summed E-state index contributed by atoms with van der Waals surface area (Å²) in [6.07, 6.45) is 0. The van der Waals surface area contributed by atoms with Crippen LogP contribution in [0.4, 0.5) is 0 Å². The van der Waals surface area contributed by atoms with E-state index in [0.717, 1.165) is 22.2 Å². The van der Waals surface area contributed by atoms with Crippen molar-refractivity contribution in [2.24, 2.45) is 5.73 Å². The third-order valence-corrected chi connectivity index (χ3v) is 2.72. The fraction of sp³-hybridized carbons (Fsp3) is 0.0909. The molecule has 0 aliphatic carbocycles. The average molecular weight is 237 g/mol. The van der Waals surface area contributed by atoms with Gasteiger partial charge < -0.3 is 5.73 Å². The molecule has 4 heteroatoms. The van der Waals surface area contributed by atoms with Crippen molar-refractivity contribution in [2.75, 3.05) is 0 Å². The van der Waals surface area contributed by atoms with Crippen LogP contribution >= 0.6 is 23.8 Å². The van der Waals surface area contributed by atoms with E-state index >= 15 is 0 Å². The molecule has 76 valence electrons. The van der Waals surface area contributed by atoms with Gasteiger partial charge in [-0.15, -0.1) is 0 Å². The van der Waals surface area contributed by atoms with Crippen LogP contribution < -0.4 is 5.73 Å². The standard InChI is InChI=1S/C11H9ClN2S/c1-6-4-9(12)8-3-2-7(11(13)15)5-10(8)14-6/h2-5H,1H3,(H2,13,15). The first-order valence-corrected chi connectivity index (χ1v) is 5.23. The molecule has 1 aromatic carbocycles. The zero-order chi connectivity index (χ0) is 11.0. The molecule has 2 rings (SSSR count). The topological polar surface area (TPSA) is 38.9 Å². The number of hydrogen-bond acceptors (Lipinski definition) is 2. The van der Waals surface area contributed by atoms with Gasteiger partial charge in [0.1, 0.15) is 4.99 Å². The van der Waals surface area contributed by atoms with E-state index in [1.54, 1.807) is 0 Å². The molecule has 2 N–H and O–H groups in total. The van der Waals surface area contributed by atoms with Crippen molar-refractivity contribution in [3.63, 3.8) is 0 Å². The molecule has 0 unspecified atom stereocenters. The molecule has 2 aromatic rings. The van der Waals surface area contributed by atoms with E-state index in [0.29, 0.717) is 10.0 Å². The predicted molar refractivity (Wildman–Crippen MR) is 67.4 cm³/mol. The molecule has 0 saturated carbocycles. The predicted octanol–water partition coefficient (Wildman–Crippen LogP) is 2.83. The minimum Gasteiger partial charge on any atom is -0.389 e. The molecular weight excluding hydrogens is 228 g/mol. The van der Waals surface area contributed by atoms with Gasteiger partial charge in [0.2, 0.25) is 0 Å². The fourth-order valence-electron chi connectivity index (χ4n) is 1.46. The Labute approximate surface area is 98.1 Å². The molecule has 0 saturated heterocycles. The van der Waals surface area contributed by atoms with Crippen LogP contribution in [0.1, 0.15) is 11.3 Å². The molecule has 0 aliphatic heterocycles. The lowest BCUT2D eigenvalue weighted by molar-refractivity contribution is 1.25. The van der Waals surface area contributed by atoms with Crippen LogP contribution in [-0.2, 0) is 0 Å². The van der Waals surface area contributed by atoms with Crippen LogP contribution in [0, 0.1) is 6.92 Å². The Morgan fingerprint density at radius 2 is 2.13 bits per heavy atom. The zero-order valence-corrected chi connectivity index (χ0v) is 9.69. The Balaban J connectivity index is 2.76. The molecule has 1 heterocycles. The summed E-state index contributed by atoms with van der Waals surface area (Å²) in [5.74, 6) is 0. The number of rotatable bonds is 1. The number of thiocarbonyl (C=S) groups is 1. The van der Waals surface area contributed by atoms with Gasteiger partial charge in [-0.1, -0.05) is 36.0 Å². The zero-order valence-electron chi connectivity index (χ0n) is 8.12. The molecular formula is C11H9ClN2S. The first kappa shape index (κ1) is 10.3. The normalized spacial score (nSPS) is 10.5. The van der Waals surface area contributed by atoms with Gasteiger partial charge in [0, 0.05) is 16.6 Å². The van der Waals surface area contributed by atoms with Gasteiger partial charge in [-0.3, -0.25) is 4.98 Å². The Bertz CT molecular complexity index is 552. The lowest BCUT2D eigenvalue weighted by Gasteiger charge is -2.04. The number of hydrogen-bond donors (Lipinski definition) is 1. The van der Waals surface area contributed by atoms with Crippen molar-refractivity contribution in [1.29, 1.82) is 0 Å². The molecule has 0 radical (unpaired) electrons. The second-order valence-corrected chi connectivity index (χ2v) is 4.19. The van der Waals surface area contributed by atoms with Crippen LogP contribution in [0.15, 0.2) is 24.3 Å². The molecule has 0 bridgehead atoms. The molecule has 15 heavy (non-hydrogen) atoms. The van der Waals surface area contributed by atoms with Gasteiger partial charge in [0.25, 0.3) is 0 Å².